The first-order valence-corrected chi connectivity index (χ1v) is 7.23. The van der Waals surface area contributed by atoms with Crippen LogP contribution in [0.15, 0.2) is 35.7 Å². The third kappa shape index (κ3) is 4.00. The van der Waals surface area contributed by atoms with E-state index in [1.807, 2.05) is 0 Å². The number of rotatable bonds is 4. The van der Waals surface area contributed by atoms with Gasteiger partial charge in [0.15, 0.2) is 0 Å². The quantitative estimate of drug-likeness (QED) is 0.512. The van der Waals surface area contributed by atoms with Crippen molar-refractivity contribution in [1.29, 1.82) is 0 Å². The number of nitrogens with zero attached hydrogens (tertiary/aromatic N) is 2. The highest BCUT2D eigenvalue weighted by Crippen LogP contribution is 2.32. The Kier molecular flexibility index (Phi) is 5.05. The lowest BCUT2D eigenvalue weighted by atomic mass is 10.3. The number of hydrogen-bond acceptors (Lipinski definition) is 5. The number of halogens is 2. The van der Waals surface area contributed by atoms with Crippen molar-refractivity contribution in [3.8, 4) is 0 Å². The number of carbonyl (C=O) groups is 1. The van der Waals surface area contributed by atoms with E-state index in [9.17, 15) is 4.79 Å². The third-order valence-electron chi connectivity index (χ3n) is 2.23. The van der Waals surface area contributed by atoms with E-state index >= 15 is 0 Å². The van der Waals surface area contributed by atoms with Gasteiger partial charge in [-0.25, -0.2) is 9.97 Å². The number of benzene rings is 1. The fourth-order valence-electron chi connectivity index (χ4n) is 1.39. The van der Waals surface area contributed by atoms with Crippen LogP contribution in [-0.2, 0) is 4.79 Å². The van der Waals surface area contributed by atoms with Gasteiger partial charge in [0.05, 0.1) is 26.5 Å². The van der Waals surface area contributed by atoms with Crippen LogP contribution in [0.2, 0.25) is 10.0 Å². The van der Waals surface area contributed by atoms with Gasteiger partial charge in [0, 0.05) is 11.9 Å². The summed E-state index contributed by atoms with van der Waals surface area (Å²) in [5.74, 6) is -0.0455. The van der Waals surface area contributed by atoms with E-state index in [1.165, 1.54) is 30.2 Å². The molecule has 104 valence electrons. The maximum Gasteiger partial charge on any atom is 0.234 e. The maximum atomic E-state index is 11.9. The van der Waals surface area contributed by atoms with Crippen LogP contribution >= 0.6 is 35.0 Å². The second-order valence-corrected chi connectivity index (χ2v) is 5.55. The van der Waals surface area contributed by atoms with Crippen LogP contribution in [0.4, 0.5) is 11.4 Å². The van der Waals surface area contributed by atoms with E-state index in [0.29, 0.717) is 26.4 Å². The summed E-state index contributed by atoms with van der Waals surface area (Å²) in [7, 11) is 0. The molecule has 0 saturated carbocycles. The Labute approximate surface area is 129 Å². The van der Waals surface area contributed by atoms with Gasteiger partial charge in [0.2, 0.25) is 5.91 Å². The van der Waals surface area contributed by atoms with Gasteiger partial charge in [-0.15, -0.1) is 0 Å². The monoisotopic (exact) mass is 328 g/mol. The van der Waals surface area contributed by atoms with Crippen molar-refractivity contribution in [2.24, 2.45) is 0 Å². The van der Waals surface area contributed by atoms with E-state index in [4.69, 9.17) is 28.9 Å². The van der Waals surface area contributed by atoms with Gasteiger partial charge in [-0.1, -0.05) is 35.0 Å². The third-order valence-corrected chi connectivity index (χ3v) is 3.77. The van der Waals surface area contributed by atoms with Crippen LogP contribution in [0, 0.1) is 0 Å². The second-order valence-electron chi connectivity index (χ2n) is 3.74. The molecule has 5 nitrogen and oxygen atoms in total. The number of nitrogen functional groups attached to an aromatic ring is 1. The number of thioether (sulfide) groups is 1. The van der Waals surface area contributed by atoms with Crippen molar-refractivity contribution in [1.82, 2.24) is 9.97 Å². The van der Waals surface area contributed by atoms with Crippen molar-refractivity contribution in [3.63, 3.8) is 0 Å². The fraction of sp³-hybridized carbons (Fsp3) is 0.0833. The molecule has 1 aromatic heterocycles. The normalized spacial score (nSPS) is 10.3. The highest BCUT2D eigenvalue weighted by Gasteiger charge is 2.11. The molecular weight excluding hydrogens is 319 g/mol. The molecule has 0 saturated heterocycles. The van der Waals surface area contributed by atoms with Gasteiger partial charge < -0.3 is 11.1 Å². The van der Waals surface area contributed by atoms with Crippen LogP contribution in [0.25, 0.3) is 0 Å². The lowest BCUT2D eigenvalue weighted by Crippen LogP contribution is -2.15. The molecule has 0 radical (unpaired) electrons. The van der Waals surface area contributed by atoms with Gasteiger partial charge in [-0.05, 0) is 18.2 Å². The Morgan fingerprint density at radius 3 is 2.65 bits per heavy atom. The van der Waals surface area contributed by atoms with Crippen molar-refractivity contribution in [2.45, 2.75) is 5.03 Å². The average molecular weight is 329 g/mol. The number of carbonyl (C=O) groups excluding carboxylic acids is 1. The van der Waals surface area contributed by atoms with Crippen LogP contribution in [-0.4, -0.2) is 21.6 Å². The summed E-state index contributed by atoms with van der Waals surface area (Å²) < 4.78 is 0. The number of amides is 1. The Bertz CT molecular complexity index is 601. The van der Waals surface area contributed by atoms with E-state index in [0.717, 1.165) is 0 Å². The molecular formula is C12H10Cl2N4OS. The predicted octanol–water partition coefficient (Wildman–Crippen LogP) is 3.10. The molecule has 3 N–H and O–H groups in total. The molecule has 2 rings (SSSR count). The standard InChI is InChI=1S/C12H10Cl2N4OS/c13-8-3-7(15)4-9(14)12(8)18-10(19)5-20-11-1-2-16-6-17-11/h1-4,6H,5,15H2,(H,18,19). The lowest BCUT2D eigenvalue weighted by Gasteiger charge is -2.09. The van der Waals surface area contributed by atoms with Gasteiger partial charge in [0.1, 0.15) is 6.33 Å². The topological polar surface area (TPSA) is 80.9 Å². The Morgan fingerprint density at radius 1 is 1.35 bits per heavy atom. The zero-order valence-corrected chi connectivity index (χ0v) is 12.5. The lowest BCUT2D eigenvalue weighted by molar-refractivity contribution is -0.113. The molecule has 1 aromatic carbocycles. The van der Waals surface area contributed by atoms with E-state index in [2.05, 4.69) is 15.3 Å². The highest BCUT2D eigenvalue weighted by molar-refractivity contribution is 7.99. The molecule has 0 fully saturated rings. The van der Waals surface area contributed by atoms with Crippen LogP contribution < -0.4 is 11.1 Å². The SMILES string of the molecule is Nc1cc(Cl)c(NC(=O)CSc2ccncn2)c(Cl)c1. The molecule has 0 aliphatic heterocycles. The largest absolute Gasteiger partial charge is 0.399 e. The number of hydrogen-bond donors (Lipinski definition) is 2. The smallest absolute Gasteiger partial charge is 0.234 e. The van der Waals surface area contributed by atoms with Crippen molar-refractivity contribution >= 4 is 52.2 Å². The van der Waals surface area contributed by atoms with Crippen LogP contribution in [0.1, 0.15) is 0 Å². The van der Waals surface area contributed by atoms with Gasteiger partial charge in [-0.3, -0.25) is 4.79 Å². The second kappa shape index (κ2) is 6.78. The zero-order chi connectivity index (χ0) is 14.5. The first-order chi connectivity index (χ1) is 9.56. The van der Waals surface area contributed by atoms with E-state index in [1.54, 1.807) is 12.3 Å². The molecule has 0 aliphatic carbocycles. The Hall–Kier alpha value is -1.50. The summed E-state index contributed by atoms with van der Waals surface area (Å²) in [5, 5.41) is 3.97. The Morgan fingerprint density at radius 2 is 2.05 bits per heavy atom. The highest BCUT2D eigenvalue weighted by atomic mass is 35.5. The van der Waals surface area contributed by atoms with Crippen LogP contribution in [0.3, 0.4) is 0 Å². The predicted molar refractivity (Wildman–Crippen MR) is 82.3 cm³/mol. The molecule has 0 atom stereocenters. The van der Waals surface area contributed by atoms with Crippen molar-refractivity contribution in [3.05, 3.63) is 40.8 Å². The summed E-state index contributed by atoms with van der Waals surface area (Å²) in [6.45, 7) is 0. The molecule has 20 heavy (non-hydrogen) atoms. The summed E-state index contributed by atoms with van der Waals surface area (Å²) in [4.78, 5) is 19.7. The summed E-state index contributed by atoms with van der Waals surface area (Å²) in [5.41, 5.74) is 6.39. The van der Waals surface area contributed by atoms with Crippen molar-refractivity contribution in [2.75, 3.05) is 16.8 Å². The molecule has 0 aliphatic rings. The molecule has 0 bridgehead atoms. The number of nitrogens with two attached hydrogens (primary N) is 1. The number of anilines is 2. The van der Waals surface area contributed by atoms with E-state index in [-0.39, 0.29) is 11.7 Å². The fourth-order valence-corrected chi connectivity index (χ4v) is 2.62. The molecule has 0 spiro atoms. The minimum Gasteiger partial charge on any atom is -0.399 e. The van der Waals surface area contributed by atoms with E-state index < -0.39 is 0 Å². The minimum atomic E-state index is -0.234. The van der Waals surface area contributed by atoms with Gasteiger partial charge >= 0.3 is 0 Å². The average Bonchev–Trinajstić information content (AvgIpc) is 2.42. The molecule has 0 unspecified atom stereocenters. The molecule has 1 amide bonds. The van der Waals surface area contributed by atoms with Crippen molar-refractivity contribution < 1.29 is 4.79 Å². The summed E-state index contributed by atoms with van der Waals surface area (Å²) in [6.07, 6.45) is 3.04. The first kappa shape index (κ1) is 14.9. The molecule has 1 heterocycles. The van der Waals surface area contributed by atoms with Gasteiger partial charge in [-0.2, -0.15) is 0 Å². The Balaban J connectivity index is 1.98. The molecule has 8 heteroatoms. The molecule has 2 aromatic rings. The number of aromatic nitrogens is 2. The summed E-state index contributed by atoms with van der Waals surface area (Å²) >= 11 is 13.3. The number of nitrogens with one attached hydrogen (secondary N) is 1. The van der Waals surface area contributed by atoms with Crippen LogP contribution in [0.5, 0.6) is 0 Å². The minimum absolute atomic E-state index is 0.189. The zero-order valence-electron chi connectivity index (χ0n) is 10.1. The van der Waals surface area contributed by atoms with Gasteiger partial charge in [0.25, 0.3) is 0 Å². The maximum absolute atomic E-state index is 11.9. The first-order valence-electron chi connectivity index (χ1n) is 5.49. The summed E-state index contributed by atoms with van der Waals surface area (Å²) in [6, 6.07) is 4.78.